The van der Waals surface area contributed by atoms with E-state index in [0.717, 1.165) is 30.9 Å². The van der Waals surface area contributed by atoms with Gasteiger partial charge in [0.05, 0.1) is 33.2 Å². The van der Waals surface area contributed by atoms with E-state index < -0.39 is 0 Å². The van der Waals surface area contributed by atoms with Crippen molar-refractivity contribution in [1.29, 1.82) is 0 Å². The van der Waals surface area contributed by atoms with Gasteiger partial charge in [0.25, 0.3) is 0 Å². The molecule has 2 saturated heterocycles. The van der Waals surface area contributed by atoms with Crippen LogP contribution in [0, 0.1) is 0 Å². The highest BCUT2D eigenvalue weighted by atomic mass is 16.5. The normalized spacial score (nSPS) is 20.4. The van der Waals surface area contributed by atoms with Crippen LogP contribution >= 0.6 is 0 Å². The number of ether oxygens (including phenoxy) is 2. The number of carbonyl (C=O) groups excluding carboxylic acids is 1. The summed E-state index contributed by atoms with van der Waals surface area (Å²) in [5, 5.41) is 0. The highest BCUT2D eigenvalue weighted by Gasteiger charge is 2.51. The van der Waals surface area contributed by atoms with E-state index >= 15 is 0 Å². The largest absolute Gasteiger partial charge is 0.497 e. The van der Waals surface area contributed by atoms with Crippen molar-refractivity contribution >= 4 is 5.91 Å². The third-order valence-electron chi connectivity index (χ3n) is 5.91. The zero-order chi connectivity index (χ0) is 19.6. The molecule has 2 heterocycles. The van der Waals surface area contributed by atoms with E-state index in [4.69, 9.17) is 9.47 Å². The Morgan fingerprint density at radius 3 is 2.54 bits per heavy atom. The summed E-state index contributed by atoms with van der Waals surface area (Å²) in [6.45, 7) is 3.07. The second-order valence-corrected chi connectivity index (χ2v) is 8.03. The van der Waals surface area contributed by atoms with Crippen LogP contribution in [-0.2, 0) is 22.5 Å². The number of methoxy groups -OCH3 is 1. The van der Waals surface area contributed by atoms with Gasteiger partial charge in [-0.1, -0.05) is 42.5 Å². The molecule has 2 aromatic carbocycles. The molecule has 5 nitrogen and oxygen atoms in total. The Hall–Kier alpha value is -2.37. The smallest absolute Gasteiger partial charge is 0.227 e. The molecule has 1 spiro atoms. The number of benzene rings is 2. The van der Waals surface area contributed by atoms with E-state index in [1.165, 1.54) is 5.56 Å². The van der Waals surface area contributed by atoms with Gasteiger partial charge in [0.1, 0.15) is 11.4 Å². The molecule has 5 heteroatoms. The quantitative estimate of drug-likeness (QED) is 0.773. The molecule has 0 bridgehead atoms. The number of carbonyl (C=O) groups is 1. The molecule has 2 aromatic rings. The van der Waals surface area contributed by atoms with Gasteiger partial charge in [-0.15, -0.1) is 0 Å². The fourth-order valence-corrected chi connectivity index (χ4v) is 4.18. The molecule has 1 unspecified atom stereocenters. The summed E-state index contributed by atoms with van der Waals surface area (Å²) in [6.07, 6.45) is 1.42. The van der Waals surface area contributed by atoms with Crippen molar-refractivity contribution in [2.45, 2.75) is 31.0 Å². The summed E-state index contributed by atoms with van der Waals surface area (Å²) >= 11 is 0. The Labute approximate surface area is 166 Å². The lowest BCUT2D eigenvalue weighted by Gasteiger charge is -2.47. The lowest BCUT2D eigenvalue weighted by molar-refractivity contribution is -0.157. The lowest BCUT2D eigenvalue weighted by Crippen LogP contribution is -2.63. The van der Waals surface area contributed by atoms with Crippen molar-refractivity contribution in [3.63, 3.8) is 0 Å². The zero-order valence-corrected chi connectivity index (χ0v) is 16.6. The minimum Gasteiger partial charge on any atom is -0.497 e. The highest BCUT2D eigenvalue weighted by molar-refractivity contribution is 5.80. The molecule has 4 rings (SSSR count). The number of hydrogen-bond donors (Lipinski definition) is 0. The molecule has 0 saturated carbocycles. The van der Waals surface area contributed by atoms with Gasteiger partial charge in [0.15, 0.2) is 0 Å². The maximum Gasteiger partial charge on any atom is 0.227 e. The van der Waals surface area contributed by atoms with E-state index in [1.807, 2.05) is 35.2 Å². The van der Waals surface area contributed by atoms with Crippen LogP contribution in [0.2, 0.25) is 0 Å². The van der Waals surface area contributed by atoms with E-state index in [2.05, 4.69) is 36.2 Å². The SMILES string of the molecule is COc1ccc(CC(=O)N2CC3(CC(N(C)Cc4ccccc4)CO3)C2)cc1. The second kappa shape index (κ2) is 7.94. The van der Waals surface area contributed by atoms with Crippen LogP contribution in [0.1, 0.15) is 17.5 Å². The minimum absolute atomic E-state index is 0.148. The molecule has 2 aliphatic rings. The fraction of sp³-hybridized carbons (Fsp3) is 0.435. The first-order valence-corrected chi connectivity index (χ1v) is 9.86. The lowest BCUT2D eigenvalue weighted by atomic mass is 9.88. The minimum atomic E-state index is -0.148. The Bertz CT molecular complexity index is 800. The molecular formula is C23H28N2O3. The molecule has 28 heavy (non-hydrogen) atoms. The molecule has 1 amide bonds. The summed E-state index contributed by atoms with van der Waals surface area (Å²) < 4.78 is 11.3. The van der Waals surface area contributed by atoms with Crippen LogP contribution in [0.4, 0.5) is 0 Å². The van der Waals surface area contributed by atoms with Gasteiger partial charge >= 0.3 is 0 Å². The average molecular weight is 380 g/mol. The van der Waals surface area contributed by atoms with Crippen molar-refractivity contribution in [3.8, 4) is 5.75 Å². The van der Waals surface area contributed by atoms with Gasteiger partial charge in [-0.2, -0.15) is 0 Å². The standard InChI is InChI=1S/C23H28N2O3/c1-24(14-19-6-4-3-5-7-19)20-13-23(28-15-20)16-25(17-23)22(26)12-18-8-10-21(27-2)11-9-18/h3-11,20H,12-17H2,1-2H3. The summed E-state index contributed by atoms with van der Waals surface area (Å²) in [5.41, 5.74) is 2.18. The van der Waals surface area contributed by atoms with Gasteiger partial charge in [-0.25, -0.2) is 0 Å². The molecule has 2 aliphatic heterocycles. The molecule has 148 valence electrons. The number of likely N-dealkylation sites (tertiary alicyclic amines) is 1. The van der Waals surface area contributed by atoms with Crippen LogP contribution in [0.3, 0.4) is 0 Å². The maximum atomic E-state index is 12.6. The van der Waals surface area contributed by atoms with Crippen molar-refractivity contribution in [3.05, 3.63) is 65.7 Å². The van der Waals surface area contributed by atoms with Crippen LogP contribution in [0.5, 0.6) is 5.75 Å². The summed E-state index contributed by atoms with van der Waals surface area (Å²) in [4.78, 5) is 16.9. The van der Waals surface area contributed by atoms with Gasteiger partial charge in [-0.05, 0) is 36.7 Å². The summed E-state index contributed by atoms with van der Waals surface area (Å²) in [6, 6.07) is 18.6. The molecule has 0 radical (unpaired) electrons. The third kappa shape index (κ3) is 4.05. The van der Waals surface area contributed by atoms with Crippen molar-refractivity contribution in [2.24, 2.45) is 0 Å². The van der Waals surface area contributed by atoms with Crippen LogP contribution in [0.25, 0.3) is 0 Å². The Morgan fingerprint density at radius 2 is 1.86 bits per heavy atom. The van der Waals surface area contributed by atoms with Crippen LogP contribution in [0.15, 0.2) is 54.6 Å². The predicted octanol–water partition coefficient (Wildman–Crippen LogP) is 2.74. The molecule has 0 N–H and O–H groups in total. The first kappa shape index (κ1) is 19.0. The van der Waals surface area contributed by atoms with Gasteiger partial charge in [0.2, 0.25) is 5.91 Å². The monoisotopic (exact) mass is 380 g/mol. The fourth-order valence-electron chi connectivity index (χ4n) is 4.18. The van der Waals surface area contributed by atoms with Gasteiger partial charge < -0.3 is 14.4 Å². The number of nitrogens with zero attached hydrogens (tertiary/aromatic N) is 2. The molecule has 1 atom stereocenters. The van der Waals surface area contributed by atoms with Crippen LogP contribution in [-0.4, -0.2) is 61.2 Å². The Kier molecular flexibility index (Phi) is 5.38. The average Bonchev–Trinajstić information content (AvgIpc) is 3.14. The highest BCUT2D eigenvalue weighted by Crippen LogP contribution is 2.37. The number of rotatable bonds is 6. The molecule has 0 aromatic heterocycles. The number of likely N-dealkylation sites (N-methyl/N-ethyl adjacent to an activating group) is 1. The molecule has 2 fully saturated rings. The van der Waals surface area contributed by atoms with Crippen molar-refractivity contribution in [2.75, 3.05) is 33.9 Å². The van der Waals surface area contributed by atoms with Gasteiger partial charge in [-0.3, -0.25) is 9.69 Å². The number of hydrogen-bond acceptors (Lipinski definition) is 4. The van der Waals surface area contributed by atoms with Crippen LogP contribution < -0.4 is 4.74 Å². The molecular weight excluding hydrogens is 352 g/mol. The van der Waals surface area contributed by atoms with E-state index in [1.54, 1.807) is 7.11 Å². The van der Waals surface area contributed by atoms with E-state index in [-0.39, 0.29) is 11.5 Å². The topological polar surface area (TPSA) is 42.0 Å². The molecule has 0 aliphatic carbocycles. The summed E-state index contributed by atoms with van der Waals surface area (Å²) in [7, 11) is 3.80. The third-order valence-corrected chi connectivity index (χ3v) is 5.91. The number of amides is 1. The first-order valence-electron chi connectivity index (χ1n) is 9.86. The van der Waals surface area contributed by atoms with Gasteiger partial charge in [0, 0.05) is 12.6 Å². The van der Waals surface area contributed by atoms with Crippen molar-refractivity contribution in [1.82, 2.24) is 9.80 Å². The Balaban J connectivity index is 1.26. The second-order valence-electron chi connectivity index (χ2n) is 8.03. The summed E-state index contributed by atoms with van der Waals surface area (Å²) in [5.74, 6) is 0.976. The zero-order valence-electron chi connectivity index (χ0n) is 16.6. The van der Waals surface area contributed by atoms with E-state index in [0.29, 0.717) is 25.6 Å². The van der Waals surface area contributed by atoms with E-state index in [9.17, 15) is 4.79 Å². The predicted molar refractivity (Wildman–Crippen MR) is 108 cm³/mol. The Morgan fingerprint density at radius 1 is 1.14 bits per heavy atom. The maximum absolute atomic E-state index is 12.6. The first-order chi connectivity index (χ1) is 13.6. The van der Waals surface area contributed by atoms with Crippen molar-refractivity contribution < 1.29 is 14.3 Å².